The van der Waals surface area contributed by atoms with Crippen molar-refractivity contribution in [3.8, 4) is 10.6 Å². The quantitative estimate of drug-likeness (QED) is 0.671. The van der Waals surface area contributed by atoms with Gasteiger partial charge in [-0.25, -0.2) is 4.79 Å². The Hall–Kier alpha value is -2.40. The predicted molar refractivity (Wildman–Crippen MR) is 84.9 cm³/mol. The van der Waals surface area contributed by atoms with Gasteiger partial charge >= 0.3 is 5.97 Å². The van der Waals surface area contributed by atoms with E-state index in [0.717, 1.165) is 16.0 Å². The van der Waals surface area contributed by atoms with E-state index in [1.807, 2.05) is 43.5 Å². The summed E-state index contributed by atoms with van der Waals surface area (Å²) in [4.78, 5) is 13.0. The van der Waals surface area contributed by atoms with E-state index >= 15 is 0 Å². The average Bonchev–Trinajstić information content (AvgIpc) is 3.18. The van der Waals surface area contributed by atoms with Crippen molar-refractivity contribution in [2.75, 3.05) is 0 Å². The third kappa shape index (κ3) is 3.09. The van der Waals surface area contributed by atoms with Gasteiger partial charge in [0.25, 0.3) is 0 Å². The molecule has 3 rings (SSSR count). The van der Waals surface area contributed by atoms with Crippen molar-refractivity contribution in [3.63, 3.8) is 0 Å². The molecule has 22 heavy (non-hydrogen) atoms. The Morgan fingerprint density at radius 2 is 2.09 bits per heavy atom. The molecule has 5 heteroatoms. The molecule has 4 nitrogen and oxygen atoms in total. The molecule has 0 bridgehead atoms. The molecule has 0 aliphatic carbocycles. The Morgan fingerprint density at radius 3 is 2.82 bits per heavy atom. The van der Waals surface area contributed by atoms with Crippen LogP contribution in [0.25, 0.3) is 10.6 Å². The lowest BCUT2D eigenvalue weighted by molar-refractivity contribution is 0.0464. The summed E-state index contributed by atoms with van der Waals surface area (Å²) in [5, 5.41) is 5.89. The van der Waals surface area contributed by atoms with Crippen LogP contribution in [0.15, 0.2) is 46.3 Å². The molecule has 112 valence electrons. The summed E-state index contributed by atoms with van der Waals surface area (Å²) in [6, 6.07) is 11.2. The molecule has 0 radical (unpaired) electrons. The van der Waals surface area contributed by atoms with E-state index in [9.17, 15) is 4.79 Å². The highest BCUT2D eigenvalue weighted by Gasteiger charge is 2.12. The molecule has 0 saturated heterocycles. The number of thiophene rings is 1. The van der Waals surface area contributed by atoms with Crippen LogP contribution in [0, 0.1) is 13.8 Å². The van der Waals surface area contributed by atoms with Crippen LogP contribution in [0.5, 0.6) is 0 Å². The number of nitrogens with zero attached hydrogens (tertiary/aromatic N) is 1. The minimum Gasteiger partial charge on any atom is -0.455 e. The molecule has 0 unspecified atom stereocenters. The van der Waals surface area contributed by atoms with Gasteiger partial charge in [0, 0.05) is 6.07 Å². The van der Waals surface area contributed by atoms with Crippen molar-refractivity contribution >= 4 is 17.3 Å². The first-order valence-electron chi connectivity index (χ1n) is 6.87. The second-order valence-electron chi connectivity index (χ2n) is 5.03. The fourth-order valence-electron chi connectivity index (χ4n) is 2.01. The normalized spacial score (nSPS) is 10.6. The Morgan fingerprint density at radius 1 is 1.23 bits per heavy atom. The van der Waals surface area contributed by atoms with Crippen LogP contribution in [0.3, 0.4) is 0 Å². The van der Waals surface area contributed by atoms with Gasteiger partial charge in [-0.05, 0) is 48.6 Å². The molecular formula is C17H15NO3S. The fraction of sp³-hybridized carbons (Fsp3) is 0.176. The van der Waals surface area contributed by atoms with Gasteiger partial charge in [-0.2, -0.15) is 0 Å². The maximum Gasteiger partial charge on any atom is 0.338 e. The molecule has 0 N–H and O–H groups in total. The van der Waals surface area contributed by atoms with Crippen molar-refractivity contribution in [1.29, 1.82) is 0 Å². The Kier molecular flexibility index (Phi) is 4.06. The maximum absolute atomic E-state index is 12.0. The first-order valence-corrected chi connectivity index (χ1v) is 7.75. The van der Waals surface area contributed by atoms with Crippen molar-refractivity contribution < 1.29 is 14.1 Å². The minimum absolute atomic E-state index is 0.0978. The highest BCUT2D eigenvalue weighted by molar-refractivity contribution is 7.13. The SMILES string of the molecule is Cc1ccc(C(=O)OCc2cc(-c3cccs3)on2)cc1C. The summed E-state index contributed by atoms with van der Waals surface area (Å²) in [5.41, 5.74) is 3.36. The van der Waals surface area contributed by atoms with E-state index in [0.29, 0.717) is 17.0 Å². The standard InChI is InChI=1S/C17H15NO3S/c1-11-5-6-13(8-12(11)2)17(19)20-10-14-9-15(21-18-14)16-4-3-7-22-16/h3-9H,10H2,1-2H3. The summed E-state index contributed by atoms with van der Waals surface area (Å²) in [6.45, 7) is 4.07. The van der Waals surface area contributed by atoms with Crippen LogP contribution in [0.1, 0.15) is 27.2 Å². The highest BCUT2D eigenvalue weighted by atomic mass is 32.1. The number of carbonyl (C=O) groups excluding carboxylic acids is 1. The number of hydrogen-bond acceptors (Lipinski definition) is 5. The van der Waals surface area contributed by atoms with Crippen molar-refractivity contribution in [2.45, 2.75) is 20.5 Å². The summed E-state index contributed by atoms with van der Waals surface area (Å²) in [6.07, 6.45) is 0. The van der Waals surface area contributed by atoms with Gasteiger partial charge in [0.2, 0.25) is 0 Å². The second kappa shape index (κ2) is 6.15. The number of ether oxygens (including phenoxy) is 1. The Bertz CT molecular complexity index is 790. The molecule has 0 atom stereocenters. The van der Waals surface area contributed by atoms with E-state index in [1.165, 1.54) is 0 Å². The van der Waals surface area contributed by atoms with Crippen LogP contribution in [0.4, 0.5) is 0 Å². The topological polar surface area (TPSA) is 52.3 Å². The molecule has 0 fully saturated rings. The van der Waals surface area contributed by atoms with Gasteiger partial charge in [0.1, 0.15) is 12.3 Å². The molecule has 1 aromatic carbocycles. The monoisotopic (exact) mass is 313 g/mol. The Balaban J connectivity index is 1.65. The third-order valence-corrected chi connectivity index (χ3v) is 4.30. The number of benzene rings is 1. The maximum atomic E-state index is 12.0. The molecule has 2 heterocycles. The zero-order valence-corrected chi connectivity index (χ0v) is 13.1. The third-order valence-electron chi connectivity index (χ3n) is 3.42. The average molecular weight is 313 g/mol. The van der Waals surface area contributed by atoms with Gasteiger partial charge < -0.3 is 9.26 Å². The van der Waals surface area contributed by atoms with E-state index in [4.69, 9.17) is 9.26 Å². The zero-order valence-electron chi connectivity index (χ0n) is 12.3. The van der Waals surface area contributed by atoms with Gasteiger partial charge in [-0.15, -0.1) is 11.3 Å². The van der Waals surface area contributed by atoms with Gasteiger partial charge in [0.15, 0.2) is 5.76 Å². The predicted octanol–water partition coefficient (Wildman–Crippen LogP) is 4.38. The molecule has 0 spiro atoms. The number of aryl methyl sites for hydroxylation is 2. The molecule has 0 aliphatic heterocycles. The van der Waals surface area contributed by atoms with E-state index in [1.54, 1.807) is 23.5 Å². The number of hydrogen-bond donors (Lipinski definition) is 0. The summed E-state index contributed by atoms with van der Waals surface area (Å²) in [7, 11) is 0. The van der Waals surface area contributed by atoms with Crippen molar-refractivity contribution in [2.24, 2.45) is 0 Å². The second-order valence-corrected chi connectivity index (χ2v) is 5.98. The lowest BCUT2D eigenvalue weighted by Crippen LogP contribution is -2.06. The molecule has 0 aliphatic rings. The van der Waals surface area contributed by atoms with E-state index in [2.05, 4.69) is 5.16 Å². The van der Waals surface area contributed by atoms with Crippen LogP contribution in [-0.4, -0.2) is 11.1 Å². The fourth-order valence-corrected chi connectivity index (χ4v) is 2.68. The van der Waals surface area contributed by atoms with Crippen molar-refractivity contribution in [1.82, 2.24) is 5.16 Å². The number of carbonyl (C=O) groups is 1. The van der Waals surface area contributed by atoms with Crippen LogP contribution in [0.2, 0.25) is 0 Å². The number of aromatic nitrogens is 1. The summed E-state index contributed by atoms with van der Waals surface area (Å²) in [5.74, 6) is 0.330. The minimum atomic E-state index is -0.358. The summed E-state index contributed by atoms with van der Waals surface area (Å²) >= 11 is 1.57. The van der Waals surface area contributed by atoms with Crippen LogP contribution >= 0.6 is 11.3 Å². The van der Waals surface area contributed by atoms with Crippen molar-refractivity contribution in [3.05, 3.63) is 64.2 Å². The van der Waals surface area contributed by atoms with Crippen LogP contribution < -0.4 is 0 Å². The zero-order chi connectivity index (χ0) is 15.5. The smallest absolute Gasteiger partial charge is 0.338 e. The molecule has 0 saturated carbocycles. The van der Waals surface area contributed by atoms with Crippen LogP contribution in [-0.2, 0) is 11.3 Å². The van der Waals surface area contributed by atoms with E-state index in [-0.39, 0.29) is 12.6 Å². The largest absolute Gasteiger partial charge is 0.455 e. The summed E-state index contributed by atoms with van der Waals surface area (Å²) < 4.78 is 10.5. The first-order chi connectivity index (χ1) is 10.6. The highest BCUT2D eigenvalue weighted by Crippen LogP contribution is 2.25. The van der Waals surface area contributed by atoms with Gasteiger partial charge in [-0.3, -0.25) is 0 Å². The first kappa shape index (κ1) is 14.5. The van der Waals surface area contributed by atoms with Gasteiger partial charge in [0.05, 0.1) is 10.4 Å². The number of esters is 1. The van der Waals surface area contributed by atoms with E-state index < -0.39 is 0 Å². The molecule has 0 amide bonds. The molecule has 2 aromatic heterocycles. The lowest BCUT2D eigenvalue weighted by atomic mass is 10.1. The molecular weight excluding hydrogens is 298 g/mol. The Labute approximate surface area is 132 Å². The lowest BCUT2D eigenvalue weighted by Gasteiger charge is -2.05. The number of rotatable bonds is 4. The molecule has 3 aromatic rings. The van der Waals surface area contributed by atoms with Gasteiger partial charge in [-0.1, -0.05) is 17.3 Å².